The van der Waals surface area contributed by atoms with Crippen LogP contribution in [0.1, 0.15) is 195 Å². The van der Waals surface area contributed by atoms with Crippen LogP contribution in [0.15, 0.2) is 48.5 Å². The molecule has 336 valence electrons. The molecule has 0 aromatic heterocycles. The summed E-state index contributed by atoms with van der Waals surface area (Å²) in [6, 6.07) is 15.9. The zero-order valence-electron chi connectivity index (χ0n) is 38.6. The lowest BCUT2D eigenvalue weighted by Crippen LogP contribution is -2.59. The summed E-state index contributed by atoms with van der Waals surface area (Å²) in [6.07, 6.45) is 32.9. The van der Waals surface area contributed by atoms with Crippen molar-refractivity contribution in [1.29, 1.82) is 0 Å². The first-order valence-electron chi connectivity index (χ1n) is 25.3. The van der Waals surface area contributed by atoms with E-state index >= 15 is 0 Å². The number of esters is 1. The van der Waals surface area contributed by atoms with Crippen LogP contribution < -0.4 is 20.9 Å². The minimum Gasteiger partial charge on any atom is -0.490 e. The molecule has 0 heterocycles. The molecule has 2 aromatic carbocycles. The Bertz CT molecular complexity index is 1580. The van der Waals surface area contributed by atoms with Crippen molar-refractivity contribution in [1.82, 2.24) is 0 Å². The largest absolute Gasteiger partial charge is 0.490 e. The SMILES string of the molecule is CCCCCCCCCCCCCCCCCCOC(=O)CC[C@@H](C)[C@H]1CC[C@H]2[C@@H]3CC(Oc4cccc(N)c4)C4CC(Oc5cccc(N)c5)CC[C@]4(C)[C@H]3CC[C@]12C. The molecule has 4 aliphatic rings. The molecule has 0 radical (unpaired) electrons. The number of fused-ring (bicyclic) bond motifs is 5. The zero-order chi connectivity index (χ0) is 42.4. The molecule has 6 nitrogen and oxygen atoms in total. The van der Waals surface area contributed by atoms with Gasteiger partial charge in [0.25, 0.3) is 0 Å². The molecular weight excluding hydrogens is 741 g/mol. The number of hydrogen-bond donors (Lipinski definition) is 2. The van der Waals surface area contributed by atoms with Crippen LogP contribution in [0.2, 0.25) is 0 Å². The van der Waals surface area contributed by atoms with Crippen molar-refractivity contribution in [3.8, 4) is 11.5 Å². The highest BCUT2D eigenvalue weighted by molar-refractivity contribution is 5.69. The topological polar surface area (TPSA) is 96.8 Å². The minimum atomic E-state index is 0.00863. The number of benzene rings is 2. The van der Waals surface area contributed by atoms with Crippen LogP contribution in [-0.2, 0) is 9.53 Å². The van der Waals surface area contributed by atoms with Gasteiger partial charge in [-0.05, 0) is 129 Å². The number of nitrogen functional groups attached to an aromatic ring is 2. The van der Waals surface area contributed by atoms with E-state index in [0.717, 1.165) is 61.4 Å². The lowest BCUT2D eigenvalue weighted by atomic mass is 9.43. The first kappa shape index (κ1) is 46.6. The highest BCUT2D eigenvalue weighted by Crippen LogP contribution is 2.68. The summed E-state index contributed by atoms with van der Waals surface area (Å²) in [5.74, 6) is 5.37. The van der Waals surface area contributed by atoms with Crippen molar-refractivity contribution in [3.63, 3.8) is 0 Å². The monoisotopic (exact) mass is 827 g/mol. The van der Waals surface area contributed by atoms with E-state index < -0.39 is 0 Å². The molecule has 0 spiro atoms. The molecule has 10 atom stereocenters. The molecule has 0 bridgehead atoms. The molecule has 4 aliphatic carbocycles. The van der Waals surface area contributed by atoms with Crippen molar-refractivity contribution in [3.05, 3.63) is 48.5 Å². The first-order valence-corrected chi connectivity index (χ1v) is 25.3. The highest BCUT2D eigenvalue weighted by Gasteiger charge is 2.63. The van der Waals surface area contributed by atoms with Crippen molar-refractivity contribution in [2.45, 2.75) is 207 Å². The van der Waals surface area contributed by atoms with E-state index in [1.807, 2.05) is 42.5 Å². The third-order valence-corrected chi connectivity index (χ3v) is 16.7. The second-order valence-corrected chi connectivity index (χ2v) is 20.8. The van der Waals surface area contributed by atoms with E-state index in [9.17, 15) is 4.79 Å². The van der Waals surface area contributed by atoms with E-state index in [1.165, 1.54) is 122 Å². The molecule has 60 heavy (non-hydrogen) atoms. The molecular formula is C54H86N2O4. The number of hydrogen-bond acceptors (Lipinski definition) is 6. The van der Waals surface area contributed by atoms with Crippen LogP contribution >= 0.6 is 0 Å². The summed E-state index contributed by atoms with van der Waals surface area (Å²) in [5.41, 5.74) is 14.4. The number of ether oxygens (including phenoxy) is 3. The van der Waals surface area contributed by atoms with Crippen LogP contribution in [-0.4, -0.2) is 24.8 Å². The van der Waals surface area contributed by atoms with E-state index in [4.69, 9.17) is 25.7 Å². The Morgan fingerprint density at radius 2 is 1.22 bits per heavy atom. The van der Waals surface area contributed by atoms with Crippen LogP contribution in [0.5, 0.6) is 11.5 Å². The molecule has 4 saturated carbocycles. The molecule has 0 amide bonds. The Hall–Kier alpha value is -2.89. The number of unbranched alkanes of at least 4 members (excludes halogenated alkanes) is 15. The Morgan fingerprint density at radius 1 is 0.667 bits per heavy atom. The van der Waals surface area contributed by atoms with E-state index in [1.54, 1.807) is 0 Å². The van der Waals surface area contributed by atoms with Crippen molar-refractivity contribution in [2.75, 3.05) is 18.1 Å². The van der Waals surface area contributed by atoms with E-state index in [0.29, 0.717) is 54.0 Å². The lowest BCUT2D eigenvalue weighted by Gasteiger charge is -2.63. The third-order valence-electron chi connectivity index (χ3n) is 16.7. The number of carbonyl (C=O) groups is 1. The van der Waals surface area contributed by atoms with Gasteiger partial charge in [-0.3, -0.25) is 4.79 Å². The van der Waals surface area contributed by atoms with Gasteiger partial charge in [0.2, 0.25) is 0 Å². The summed E-state index contributed by atoms with van der Waals surface area (Å²) >= 11 is 0. The Kier molecular flexibility index (Phi) is 17.9. The maximum atomic E-state index is 12.9. The van der Waals surface area contributed by atoms with Gasteiger partial charge in [0, 0.05) is 35.8 Å². The fourth-order valence-electron chi connectivity index (χ4n) is 13.4. The fourth-order valence-corrected chi connectivity index (χ4v) is 13.4. The van der Waals surface area contributed by atoms with Gasteiger partial charge < -0.3 is 25.7 Å². The van der Waals surface area contributed by atoms with Crippen LogP contribution in [0.25, 0.3) is 0 Å². The molecule has 6 heteroatoms. The highest BCUT2D eigenvalue weighted by atomic mass is 16.5. The number of nitrogens with two attached hydrogens (primary N) is 2. The second kappa shape index (κ2) is 23.0. The van der Waals surface area contributed by atoms with Crippen molar-refractivity contribution < 1.29 is 19.0 Å². The van der Waals surface area contributed by atoms with Gasteiger partial charge in [-0.1, -0.05) is 136 Å². The Balaban J connectivity index is 0.930. The van der Waals surface area contributed by atoms with E-state index in [-0.39, 0.29) is 23.6 Å². The van der Waals surface area contributed by atoms with Gasteiger partial charge in [0.15, 0.2) is 0 Å². The van der Waals surface area contributed by atoms with Crippen LogP contribution in [0.4, 0.5) is 11.4 Å². The number of anilines is 2. The van der Waals surface area contributed by atoms with Gasteiger partial charge in [-0.2, -0.15) is 0 Å². The van der Waals surface area contributed by atoms with Crippen molar-refractivity contribution >= 4 is 17.3 Å². The average molecular weight is 827 g/mol. The summed E-state index contributed by atoms with van der Waals surface area (Å²) in [5, 5.41) is 0. The van der Waals surface area contributed by atoms with Crippen LogP contribution in [0, 0.1) is 46.3 Å². The summed E-state index contributed by atoms with van der Waals surface area (Å²) in [4.78, 5) is 12.9. The smallest absolute Gasteiger partial charge is 0.305 e. The maximum absolute atomic E-state index is 12.9. The van der Waals surface area contributed by atoms with E-state index in [2.05, 4.69) is 33.8 Å². The Morgan fingerprint density at radius 3 is 1.82 bits per heavy atom. The Labute approximate surface area is 366 Å². The molecule has 6 rings (SSSR count). The van der Waals surface area contributed by atoms with Gasteiger partial charge in [-0.15, -0.1) is 0 Å². The minimum absolute atomic E-state index is 0.00863. The summed E-state index contributed by atoms with van der Waals surface area (Å²) in [7, 11) is 0. The number of rotatable bonds is 25. The second-order valence-electron chi connectivity index (χ2n) is 20.8. The van der Waals surface area contributed by atoms with Gasteiger partial charge in [0.05, 0.1) is 12.7 Å². The molecule has 4 N–H and O–H groups in total. The predicted octanol–water partition coefficient (Wildman–Crippen LogP) is 14.5. The molecule has 2 aromatic rings. The van der Waals surface area contributed by atoms with Crippen LogP contribution in [0.3, 0.4) is 0 Å². The average Bonchev–Trinajstić information content (AvgIpc) is 3.59. The maximum Gasteiger partial charge on any atom is 0.305 e. The van der Waals surface area contributed by atoms with Gasteiger partial charge >= 0.3 is 5.97 Å². The predicted molar refractivity (Wildman–Crippen MR) is 250 cm³/mol. The zero-order valence-corrected chi connectivity index (χ0v) is 38.6. The van der Waals surface area contributed by atoms with Gasteiger partial charge in [-0.25, -0.2) is 0 Å². The summed E-state index contributed by atoms with van der Waals surface area (Å²) in [6.45, 7) is 10.5. The molecule has 0 aliphatic heterocycles. The molecule has 0 saturated heterocycles. The number of carbonyl (C=O) groups excluding carboxylic acids is 1. The molecule has 4 fully saturated rings. The fraction of sp³-hybridized carbons (Fsp3) is 0.759. The lowest BCUT2D eigenvalue weighted by molar-refractivity contribution is -0.164. The third kappa shape index (κ3) is 12.4. The molecule has 3 unspecified atom stereocenters. The van der Waals surface area contributed by atoms with Crippen molar-refractivity contribution in [2.24, 2.45) is 46.3 Å². The normalized spacial score (nSPS) is 30.2. The quantitative estimate of drug-likeness (QED) is 0.0588. The van der Waals surface area contributed by atoms with Gasteiger partial charge in [0.1, 0.15) is 17.6 Å². The summed E-state index contributed by atoms with van der Waals surface area (Å²) < 4.78 is 19.5. The standard InChI is InChI=1S/C54H86N2O4/c1-5-6-7-8-9-10-11-12-13-14-15-16-17-18-19-20-35-58-52(57)30-27-40(2)47-28-29-48-46-39-51(60-44-26-22-24-42(56)37-44)50-38-45(59-43-25-21-23-41(55)36-43)31-33-54(50,4)49(46)32-34-53(47,48)3/h21-26,36-37,40,45-51H,5-20,27-35,38-39,55-56H2,1-4H3/t40-,45?,46+,47-,48+,49+,50?,51?,53-,54-/m1/s1. The first-order chi connectivity index (χ1) is 29.1.